The first-order valence-electron chi connectivity index (χ1n) is 5.91. The van der Waals surface area contributed by atoms with E-state index in [-0.39, 0.29) is 0 Å². The third-order valence-corrected chi connectivity index (χ3v) is 3.55. The van der Waals surface area contributed by atoms with Gasteiger partial charge in [0.1, 0.15) is 5.73 Å². The van der Waals surface area contributed by atoms with E-state index < -0.39 is 35.9 Å². The Labute approximate surface area is 107 Å². The molecule has 0 saturated carbocycles. The molecule has 0 radical (unpaired) electrons. The zero-order valence-electron chi connectivity index (χ0n) is 11.7. The molecule has 0 N–H and O–H groups in total. The SMILES string of the molecule is CC(C)(C=C(F)B1OC(C)(C)C(C)(C)O1)C(F)F. The summed E-state index contributed by atoms with van der Waals surface area (Å²) in [5.41, 5.74) is -3.72. The van der Waals surface area contributed by atoms with Gasteiger partial charge in [-0.05, 0) is 33.8 Å². The molecular formula is C12H20BF3O2. The van der Waals surface area contributed by atoms with E-state index in [1.165, 1.54) is 13.8 Å². The normalized spacial score (nSPS) is 23.9. The number of rotatable bonds is 3. The van der Waals surface area contributed by atoms with Crippen molar-refractivity contribution in [1.29, 1.82) is 0 Å². The average molecular weight is 264 g/mol. The van der Waals surface area contributed by atoms with Gasteiger partial charge in [0.25, 0.3) is 0 Å². The molecule has 0 aliphatic carbocycles. The molecule has 1 saturated heterocycles. The maximum atomic E-state index is 13.9. The summed E-state index contributed by atoms with van der Waals surface area (Å²) in [5.74, 6) is 0. The molecule has 0 aromatic rings. The summed E-state index contributed by atoms with van der Waals surface area (Å²) in [6.07, 6.45) is -1.77. The van der Waals surface area contributed by atoms with Gasteiger partial charge in [-0.3, -0.25) is 0 Å². The molecular weight excluding hydrogens is 244 g/mol. The molecule has 0 aromatic carbocycles. The highest BCUT2D eigenvalue weighted by molar-refractivity contribution is 6.53. The van der Waals surface area contributed by atoms with Gasteiger partial charge in [0.15, 0.2) is 0 Å². The molecule has 0 bridgehead atoms. The van der Waals surface area contributed by atoms with Crippen LogP contribution in [0.5, 0.6) is 0 Å². The van der Waals surface area contributed by atoms with Crippen molar-refractivity contribution in [3.05, 3.63) is 11.8 Å². The summed E-state index contributed by atoms with van der Waals surface area (Å²) in [7, 11) is -1.21. The average Bonchev–Trinajstić information content (AvgIpc) is 2.35. The van der Waals surface area contributed by atoms with Crippen LogP contribution in [-0.4, -0.2) is 24.7 Å². The van der Waals surface area contributed by atoms with Gasteiger partial charge in [-0.15, -0.1) is 0 Å². The van der Waals surface area contributed by atoms with Gasteiger partial charge in [0, 0.05) is 5.41 Å². The van der Waals surface area contributed by atoms with Crippen molar-refractivity contribution < 1.29 is 22.5 Å². The predicted molar refractivity (Wildman–Crippen MR) is 65.1 cm³/mol. The van der Waals surface area contributed by atoms with E-state index in [9.17, 15) is 13.2 Å². The topological polar surface area (TPSA) is 18.5 Å². The van der Waals surface area contributed by atoms with E-state index in [0.29, 0.717) is 0 Å². The first-order chi connectivity index (χ1) is 7.89. The molecule has 104 valence electrons. The third-order valence-electron chi connectivity index (χ3n) is 3.55. The Morgan fingerprint density at radius 1 is 1.11 bits per heavy atom. The lowest BCUT2D eigenvalue weighted by molar-refractivity contribution is 0.00578. The second kappa shape index (κ2) is 4.56. The molecule has 2 nitrogen and oxygen atoms in total. The van der Waals surface area contributed by atoms with Crippen LogP contribution in [0.4, 0.5) is 13.2 Å². The number of allylic oxidation sites excluding steroid dienone is 1. The molecule has 0 amide bonds. The van der Waals surface area contributed by atoms with Gasteiger partial charge >= 0.3 is 7.12 Å². The lowest BCUT2D eigenvalue weighted by Gasteiger charge is -2.32. The molecule has 1 aliphatic rings. The number of alkyl halides is 2. The summed E-state index contributed by atoms with van der Waals surface area (Å²) in [6, 6.07) is 0. The first-order valence-corrected chi connectivity index (χ1v) is 5.91. The van der Waals surface area contributed by atoms with Crippen molar-refractivity contribution in [3.63, 3.8) is 0 Å². The fourth-order valence-electron chi connectivity index (χ4n) is 1.44. The second-order valence-corrected chi connectivity index (χ2v) is 6.24. The van der Waals surface area contributed by atoms with E-state index in [1.54, 1.807) is 27.7 Å². The van der Waals surface area contributed by atoms with Crippen LogP contribution in [0.2, 0.25) is 0 Å². The summed E-state index contributed by atoms with van der Waals surface area (Å²) in [4.78, 5) is 0. The maximum Gasteiger partial charge on any atom is 0.524 e. The van der Waals surface area contributed by atoms with Crippen molar-refractivity contribution in [2.45, 2.75) is 59.2 Å². The van der Waals surface area contributed by atoms with Crippen LogP contribution in [-0.2, 0) is 9.31 Å². The highest BCUT2D eigenvalue weighted by Gasteiger charge is 2.53. The van der Waals surface area contributed by atoms with E-state index in [4.69, 9.17) is 9.31 Å². The minimum absolute atomic E-state index is 0.683. The smallest absolute Gasteiger partial charge is 0.398 e. The number of hydrogen-bond donors (Lipinski definition) is 0. The lowest BCUT2D eigenvalue weighted by atomic mass is 9.82. The number of halogens is 3. The van der Waals surface area contributed by atoms with Crippen LogP contribution >= 0.6 is 0 Å². The Hall–Kier alpha value is -0.485. The predicted octanol–water partition coefficient (Wildman–Crippen LogP) is 3.76. The van der Waals surface area contributed by atoms with Crippen molar-refractivity contribution >= 4 is 7.12 Å². The monoisotopic (exact) mass is 264 g/mol. The summed E-state index contributed by atoms with van der Waals surface area (Å²) in [5, 5.41) is 0. The van der Waals surface area contributed by atoms with Crippen LogP contribution in [0.1, 0.15) is 41.5 Å². The van der Waals surface area contributed by atoms with Crippen molar-refractivity contribution in [2.75, 3.05) is 0 Å². The van der Waals surface area contributed by atoms with Gasteiger partial charge in [-0.2, -0.15) is 0 Å². The lowest BCUT2D eigenvalue weighted by Crippen LogP contribution is -2.41. The van der Waals surface area contributed by atoms with Gasteiger partial charge in [-0.25, -0.2) is 13.2 Å². The fourth-order valence-corrected chi connectivity index (χ4v) is 1.44. The first kappa shape index (κ1) is 15.6. The van der Waals surface area contributed by atoms with Gasteiger partial charge in [-0.1, -0.05) is 13.8 Å². The van der Waals surface area contributed by atoms with E-state index >= 15 is 0 Å². The van der Waals surface area contributed by atoms with Gasteiger partial charge < -0.3 is 9.31 Å². The quantitative estimate of drug-likeness (QED) is 0.722. The second-order valence-electron chi connectivity index (χ2n) is 6.24. The minimum atomic E-state index is -2.65. The van der Waals surface area contributed by atoms with Gasteiger partial charge in [0.2, 0.25) is 6.43 Å². The fraction of sp³-hybridized carbons (Fsp3) is 0.833. The summed E-state index contributed by atoms with van der Waals surface area (Å²) < 4.78 is 50.2. The molecule has 1 rings (SSSR count). The Morgan fingerprint density at radius 2 is 1.50 bits per heavy atom. The summed E-state index contributed by atoms with van der Waals surface area (Å²) in [6.45, 7) is 9.64. The van der Waals surface area contributed by atoms with Crippen molar-refractivity contribution in [3.8, 4) is 0 Å². The molecule has 0 atom stereocenters. The van der Waals surface area contributed by atoms with Crippen LogP contribution in [0, 0.1) is 5.41 Å². The standard InChI is InChI=1S/C12H20BF3O2/c1-10(2,9(15)16)7-8(14)13-17-11(3,4)12(5,6)18-13/h7,9H,1-6H3. The summed E-state index contributed by atoms with van der Waals surface area (Å²) >= 11 is 0. The molecule has 0 unspecified atom stereocenters. The molecule has 1 heterocycles. The van der Waals surface area contributed by atoms with E-state index in [2.05, 4.69) is 0 Å². The Balaban J connectivity index is 2.89. The van der Waals surface area contributed by atoms with Gasteiger partial charge in [0.05, 0.1) is 11.2 Å². The van der Waals surface area contributed by atoms with E-state index in [1.807, 2.05) is 0 Å². The zero-order chi connectivity index (χ0) is 14.4. The van der Waals surface area contributed by atoms with Crippen molar-refractivity contribution in [1.82, 2.24) is 0 Å². The molecule has 6 heteroatoms. The third kappa shape index (κ3) is 2.91. The minimum Gasteiger partial charge on any atom is -0.398 e. The molecule has 18 heavy (non-hydrogen) atoms. The Morgan fingerprint density at radius 3 is 1.83 bits per heavy atom. The number of hydrogen-bond acceptors (Lipinski definition) is 2. The largest absolute Gasteiger partial charge is 0.524 e. The molecule has 1 aliphatic heterocycles. The van der Waals surface area contributed by atoms with Crippen molar-refractivity contribution in [2.24, 2.45) is 5.41 Å². The van der Waals surface area contributed by atoms with E-state index in [0.717, 1.165) is 6.08 Å². The molecule has 0 aromatic heterocycles. The highest BCUT2D eigenvalue weighted by atomic mass is 19.3. The maximum absolute atomic E-state index is 13.9. The Kier molecular flexibility index (Phi) is 3.95. The van der Waals surface area contributed by atoms with Crippen LogP contribution in [0.25, 0.3) is 0 Å². The molecule has 1 fully saturated rings. The zero-order valence-corrected chi connectivity index (χ0v) is 11.7. The Bertz CT molecular complexity index is 335. The van der Waals surface area contributed by atoms with Crippen LogP contribution < -0.4 is 0 Å². The highest BCUT2D eigenvalue weighted by Crippen LogP contribution is 2.40. The van der Waals surface area contributed by atoms with Crippen LogP contribution in [0.15, 0.2) is 11.8 Å². The molecule has 0 spiro atoms. The van der Waals surface area contributed by atoms with Crippen LogP contribution in [0.3, 0.4) is 0 Å².